The van der Waals surface area contributed by atoms with E-state index >= 15 is 0 Å². The topological polar surface area (TPSA) is 78.9 Å². The van der Waals surface area contributed by atoms with E-state index in [1.807, 2.05) is 0 Å². The summed E-state index contributed by atoms with van der Waals surface area (Å²) in [4.78, 5) is 35.1. The molecule has 5 atom stereocenters. The lowest BCUT2D eigenvalue weighted by Gasteiger charge is -2.25. The van der Waals surface area contributed by atoms with Gasteiger partial charge in [0.1, 0.15) is 12.2 Å². The van der Waals surface area contributed by atoms with Gasteiger partial charge < -0.3 is 14.2 Å². The molecule has 150 valence electrons. The molecule has 3 fully saturated rings. The maximum Gasteiger partial charge on any atom is 0.333 e. The van der Waals surface area contributed by atoms with E-state index in [1.165, 1.54) is 0 Å². The van der Waals surface area contributed by atoms with Gasteiger partial charge in [0.15, 0.2) is 0 Å². The SMILES string of the molecule is C=C(C)C(=O)OCCCCCCCCC(=O)OC1C2CC3C(=O)OC1C3C2. The molecule has 2 bridgehead atoms. The van der Waals surface area contributed by atoms with E-state index in [-0.39, 0.29) is 42.0 Å². The summed E-state index contributed by atoms with van der Waals surface area (Å²) >= 11 is 0. The van der Waals surface area contributed by atoms with E-state index in [4.69, 9.17) is 14.2 Å². The summed E-state index contributed by atoms with van der Waals surface area (Å²) in [6, 6.07) is 0. The Kier molecular flexibility index (Phi) is 6.55. The van der Waals surface area contributed by atoms with Gasteiger partial charge in [0.25, 0.3) is 0 Å². The highest BCUT2D eigenvalue weighted by Crippen LogP contribution is 2.55. The molecule has 3 rings (SSSR count). The van der Waals surface area contributed by atoms with Crippen molar-refractivity contribution in [3.05, 3.63) is 12.2 Å². The molecule has 2 saturated carbocycles. The van der Waals surface area contributed by atoms with Crippen LogP contribution in [0.4, 0.5) is 0 Å². The second kappa shape index (κ2) is 8.89. The van der Waals surface area contributed by atoms with Gasteiger partial charge in [0.05, 0.1) is 12.5 Å². The van der Waals surface area contributed by atoms with Crippen molar-refractivity contribution in [3.8, 4) is 0 Å². The monoisotopic (exact) mass is 378 g/mol. The smallest absolute Gasteiger partial charge is 0.333 e. The van der Waals surface area contributed by atoms with Crippen molar-refractivity contribution in [2.75, 3.05) is 6.61 Å². The van der Waals surface area contributed by atoms with Crippen molar-refractivity contribution >= 4 is 17.9 Å². The third-order valence-electron chi connectivity index (χ3n) is 6.04. The van der Waals surface area contributed by atoms with Crippen LogP contribution in [0.2, 0.25) is 0 Å². The lowest BCUT2D eigenvalue weighted by Crippen LogP contribution is -2.35. The highest BCUT2D eigenvalue weighted by molar-refractivity contribution is 5.86. The minimum absolute atomic E-state index is 0.0549. The number of hydrogen-bond donors (Lipinski definition) is 0. The number of ether oxygens (including phenoxy) is 3. The Labute approximate surface area is 160 Å². The Hall–Kier alpha value is -1.85. The fraction of sp³-hybridized carbons (Fsp3) is 0.762. The zero-order valence-corrected chi connectivity index (χ0v) is 16.1. The Bertz CT molecular complexity index is 597. The van der Waals surface area contributed by atoms with E-state index in [9.17, 15) is 14.4 Å². The second-order valence-corrected chi connectivity index (χ2v) is 8.15. The van der Waals surface area contributed by atoms with Crippen LogP contribution in [0.3, 0.4) is 0 Å². The van der Waals surface area contributed by atoms with E-state index in [1.54, 1.807) is 6.92 Å². The molecule has 0 aromatic heterocycles. The Balaban J connectivity index is 1.20. The first-order valence-corrected chi connectivity index (χ1v) is 10.2. The number of fused-ring (bicyclic) bond motifs is 1. The van der Waals surface area contributed by atoms with Gasteiger partial charge >= 0.3 is 17.9 Å². The molecule has 6 nitrogen and oxygen atoms in total. The van der Waals surface area contributed by atoms with E-state index in [0.29, 0.717) is 24.5 Å². The van der Waals surface area contributed by atoms with Gasteiger partial charge in [-0.1, -0.05) is 32.3 Å². The van der Waals surface area contributed by atoms with E-state index < -0.39 is 0 Å². The van der Waals surface area contributed by atoms with Crippen LogP contribution < -0.4 is 0 Å². The molecule has 1 saturated heterocycles. The summed E-state index contributed by atoms with van der Waals surface area (Å²) in [6.45, 7) is 5.62. The number of carbonyl (C=O) groups excluding carboxylic acids is 3. The Morgan fingerprint density at radius 1 is 1.11 bits per heavy atom. The summed E-state index contributed by atoms with van der Waals surface area (Å²) in [5.41, 5.74) is 0.429. The average molecular weight is 378 g/mol. The van der Waals surface area contributed by atoms with Gasteiger partial charge in [-0.3, -0.25) is 9.59 Å². The molecule has 0 aromatic carbocycles. The van der Waals surface area contributed by atoms with Gasteiger partial charge in [-0.15, -0.1) is 0 Å². The predicted octanol–water partition coefficient (Wildman–Crippen LogP) is 3.33. The van der Waals surface area contributed by atoms with Crippen LogP contribution in [0.25, 0.3) is 0 Å². The van der Waals surface area contributed by atoms with Gasteiger partial charge in [-0.2, -0.15) is 0 Å². The van der Waals surface area contributed by atoms with Crippen molar-refractivity contribution in [3.63, 3.8) is 0 Å². The van der Waals surface area contributed by atoms with Crippen LogP contribution in [-0.4, -0.2) is 36.7 Å². The normalized spacial score (nSPS) is 30.3. The second-order valence-electron chi connectivity index (χ2n) is 8.15. The number of rotatable bonds is 11. The molecule has 1 aliphatic heterocycles. The number of carbonyl (C=O) groups is 3. The van der Waals surface area contributed by atoms with E-state index in [0.717, 1.165) is 51.4 Å². The average Bonchev–Trinajstić information content (AvgIpc) is 3.25. The zero-order chi connectivity index (χ0) is 19.4. The summed E-state index contributed by atoms with van der Waals surface area (Å²) in [5, 5.41) is 0. The fourth-order valence-electron chi connectivity index (χ4n) is 4.64. The molecule has 0 aromatic rings. The Morgan fingerprint density at radius 3 is 2.56 bits per heavy atom. The van der Waals surface area contributed by atoms with Crippen LogP contribution in [0.1, 0.15) is 64.7 Å². The molecule has 1 heterocycles. The third kappa shape index (κ3) is 4.71. The van der Waals surface area contributed by atoms with Crippen molar-refractivity contribution in [2.24, 2.45) is 17.8 Å². The molecule has 2 aliphatic carbocycles. The van der Waals surface area contributed by atoms with E-state index in [2.05, 4.69) is 6.58 Å². The molecular formula is C21H30O6. The van der Waals surface area contributed by atoms with Gasteiger partial charge in [-0.05, 0) is 32.6 Å². The summed E-state index contributed by atoms with van der Waals surface area (Å²) in [7, 11) is 0. The zero-order valence-electron chi connectivity index (χ0n) is 16.1. The van der Waals surface area contributed by atoms with Crippen molar-refractivity contribution in [1.29, 1.82) is 0 Å². The molecule has 5 unspecified atom stereocenters. The first-order chi connectivity index (χ1) is 13.0. The summed E-state index contributed by atoms with van der Waals surface area (Å²) in [6.07, 6.45) is 7.57. The lowest BCUT2D eigenvalue weighted by molar-refractivity contribution is -0.161. The maximum atomic E-state index is 12.1. The van der Waals surface area contributed by atoms with Crippen molar-refractivity contribution in [2.45, 2.75) is 76.9 Å². The number of hydrogen-bond acceptors (Lipinski definition) is 6. The molecule has 0 N–H and O–H groups in total. The standard InChI is InChI=1S/C21H30O6/c1-13(2)20(23)25-10-8-6-4-3-5-7-9-17(22)26-18-14-11-15-16(12-14)21(24)27-19(15)18/h14-16,18-19H,1,3-12H2,2H3. The number of unbranched alkanes of at least 4 members (excludes halogenated alkanes) is 5. The van der Waals surface area contributed by atoms with Crippen molar-refractivity contribution in [1.82, 2.24) is 0 Å². The molecule has 3 aliphatic rings. The molecule has 0 spiro atoms. The number of esters is 3. The minimum Gasteiger partial charge on any atom is -0.462 e. The van der Waals surface area contributed by atoms with Crippen LogP contribution >= 0.6 is 0 Å². The van der Waals surface area contributed by atoms with Crippen LogP contribution in [0, 0.1) is 17.8 Å². The molecule has 27 heavy (non-hydrogen) atoms. The van der Waals surface area contributed by atoms with Crippen LogP contribution in [-0.2, 0) is 28.6 Å². The first-order valence-electron chi connectivity index (χ1n) is 10.2. The van der Waals surface area contributed by atoms with Crippen LogP contribution in [0.15, 0.2) is 12.2 Å². The van der Waals surface area contributed by atoms with Crippen molar-refractivity contribution < 1.29 is 28.6 Å². The third-order valence-corrected chi connectivity index (χ3v) is 6.04. The highest BCUT2D eigenvalue weighted by atomic mass is 16.6. The highest BCUT2D eigenvalue weighted by Gasteiger charge is 2.63. The molecule has 0 amide bonds. The first kappa shape index (κ1) is 19.9. The fourth-order valence-corrected chi connectivity index (χ4v) is 4.64. The molecule has 6 heteroatoms. The minimum atomic E-state index is -0.327. The van der Waals surface area contributed by atoms with Crippen LogP contribution in [0.5, 0.6) is 0 Å². The summed E-state index contributed by atoms with van der Waals surface area (Å²) in [5.74, 6) is 0.0414. The summed E-state index contributed by atoms with van der Waals surface area (Å²) < 4.78 is 16.1. The van der Waals surface area contributed by atoms with Gasteiger partial charge in [0.2, 0.25) is 0 Å². The quantitative estimate of drug-likeness (QED) is 0.237. The largest absolute Gasteiger partial charge is 0.462 e. The van der Waals surface area contributed by atoms with Gasteiger partial charge in [0, 0.05) is 23.8 Å². The predicted molar refractivity (Wildman–Crippen MR) is 97.6 cm³/mol. The molecular weight excluding hydrogens is 348 g/mol. The maximum absolute atomic E-state index is 12.1. The lowest BCUT2D eigenvalue weighted by atomic mass is 9.88. The Morgan fingerprint density at radius 2 is 1.81 bits per heavy atom. The van der Waals surface area contributed by atoms with Gasteiger partial charge in [-0.25, -0.2) is 4.79 Å². The molecule has 0 radical (unpaired) electrons.